The van der Waals surface area contributed by atoms with E-state index in [1.54, 1.807) is 0 Å². The molecule has 0 atom stereocenters. The van der Waals surface area contributed by atoms with Gasteiger partial charge in [0, 0.05) is 39.3 Å². The van der Waals surface area contributed by atoms with Crippen LogP contribution in [-0.2, 0) is 0 Å². The molecular formula is C10H17N5. The maximum atomic E-state index is 8.54. The summed E-state index contributed by atoms with van der Waals surface area (Å²) in [5, 5.41) is 19.9. The van der Waals surface area contributed by atoms with Crippen LogP contribution in [-0.4, -0.2) is 62.2 Å². The van der Waals surface area contributed by atoms with Crippen molar-refractivity contribution in [1.29, 1.82) is 10.5 Å². The van der Waals surface area contributed by atoms with Gasteiger partial charge in [-0.05, 0) is 0 Å². The predicted molar refractivity (Wildman–Crippen MR) is 57.0 cm³/mol. The molecule has 1 aliphatic heterocycles. The average Bonchev–Trinajstić information content (AvgIpc) is 2.27. The van der Waals surface area contributed by atoms with Gasteiger partial charge in [-0.25, -0.2) is 0 Å². The molecule has 0 aliphatic carbocycles. The number of hydrogen-bond acceptors (Lipinski definition) is 5. The van der Waals surface area contributed by atoms with Crippen molar-refractivity contribution in [3.63, 3.8) is 0 Å². The van der Waals surface area contributed by atoms with Crippen LogP contribution >= 0.6 is 0 Å². The van der Waals surface area contributed by atoms with Gasteiger partial charge in [0.15, 0.2) is 0 Å². The first-order valence-electron chi connectivity index (χ1n) is 5.26. The molecule has 0 saturated carbocycles. The summed E-state index contributed by atoms with van der Waals surface area (Å²) in [6.45, 7) is 6.83. The van der Waals surface area contributed by atoms with Crippen LogP contribution in [0.3, 0.4) is 0 Å². The molecule has 5 heteroatoms. The fraction of sp³-hybridized carbons (Fsp3) is 0.800. The molecule has 82 valence electrons. The van der Waals surface area contributed by atoms with E-state index in [-0.39, 0.29) is 0 Å². The van der Waals surface area contributed by atoms with E-state index in [4.69, 9.17) is 10.5 Å². The van der Waals surface area contributed by atoms with Crippen molar-refractivity contribution in [1.82, 2.24) is 15.1 Å². The molecule has 0 aromatic heterocycles. The summed E-state index contributed by atoms with van der Waals surface area (Å²) >= 11 is 0. The molecule has 0 spiro atoms. The van der Waals surface area contributed by atoms with Gasteiger partial charge in [-0.3, -0.25) is 9.80 Å². The lowest BCUT2D eigenvalue weighted by atomic mass is 10.3. The maximum absolute atomic E-state index is 8.54. The highest BCUT2D eigenvalue weighted by Gasteiger charge is 2.15. The summed E-state index contributed by atoms with van der Waals surface area (Å²) in [4.78, 5) is 4.53. The molecule has 0 aromatic rings. The summed E-state index contributed by atoms with van der Waals surface area (Å²) in [5.74, 6) is 0. The highest BCUT2D eigenvalue weighted by molar-refractivity contribution is 4.81. The van der Waals surface area contributed by atoms with E-state index in [1.807, 2.05) is 0 Å². The minimum Gasteiger partial charge on any atom is -0.303 e. The Balaban J connectivity index is 2.05. The second kappa shape index (κ2) is 7.19. The Hall–Kier alpha value is -1.14. The molecular weight excluding hydrogens is 190 g/mol. The lowest BCUT2D eigenvalue weighted by molar-refractivity contribution is 0.145. The van der Waals surface area contributed by atoms with Crippen LogP contribution in [0.1, 0.15) is 0 Å². The first kappa shape index (κ1) is 11.9. The van der Waals surface area contributed by atoms with Crippen molar-refractivity contribution in [3.8, 4) is 12.1 Å². The third-order valence-electron chi connectivity index (χ3n) is 2.57. The van der Waals surface area contributed by atoms with Gasteiger partial charge in [-0.1, -0.05) is 0 Å². The van der Waals surface area contributed by atoms with Crippen molar-refractivity contribution in [2.75, 3.05) is 52.4 Å². The van der Waals surface area contributed by atoms with Gasteiger partial charge < -0.3 is 5.32 Å². The van der Waals surface area contributed by atoms with Crippen molar-refractivity contribution in [2.24, 2.45) is 0 Å². The van der Waals surface area contributed by atoms with Crippen LogP contribution in [0, 0.1) is 22.7 Å². The number of piperazine rings is 1. The molecule has 1 fully saturated rings. The molecule has 1 heterocycles. The van der Waals surface area contributed by atoms with E-state index in [0.717, 1.165) is 39.3 Å². The van der Waals surface area contributed by atoms with Crippen molar-refractivity contribution >= 4 is 0 Å². The standard InChI is InChI=1S/C10H17N5/c11-1-3-13-4-6-15-9-7-14(5-2-12)8-10-15/h13H,3-10H2. The van der Waals surface area contributed by atoms with E-state index >= 15 is 0 Å². The lowest BCUT2D eigenvalue weighted by Crippen LogP contribution is -2.48. The van der Waals surface area contributed by atoms with Gasteiger partial charge in [-0.2, -0.15) is 10.5 Å². The van der Waals surface area contributed by atoms with Gasteiger partial charge in [0.05, 0.1) is 25.2 Å². The first-order valence-corrected chi connectivity index (χ1v) is 5.26. The van der Waals surface area contributed by atoms with Crippen LogP contribution in [0.4, 0.5) is 0 Å². The van der Waals surface area contributed by atoms with E-state index < -0.39 is 0 Å². The molecule has 1 N–H and O–H groups in total. The molecule has 0 radical (unpaired) electrons. The Morgan fingerprint density at radius 1 is 1.00 bits per heavy atom. The molecule has 15 heavy (non-hydrogen) atoms. The monoisotopic (exact) mass is 207 g/mol. The SMILES string of the molecule is N#CCNCCN1CCN(CC#N)CC1. The third-order valence-corrected chi connectivity index (χ3v) is 2.57. The number of nitrogens with zero attached hydrogens (tertiary/aromatic N) is 4. The molecule has 1 aliphatic rings. The molecule has 0 bridgehead atoms. The van der Waals surface area contributed by atoms with E-state index in [2.05, 4.69) is 27.3 Å². The zero-order chi connectivity index (χ0) is 10.9. The maximum Gasteiger partial charge on any atom is 0.0866 e. The Kier molecular flexibility index (Phi) is 5.72. The van der Waals surface area contributed by atoms with Crippen LogP contribution in [0.2, 0.25) is 0 Å². The quantitative estimate of drug-likeness (QED) is 0.474. The second-order valence-electron chi connectivity index (χ2n) is 3.61. The number of nitriles is 2. The summed E-state index contributed by atoms with van der Waals surface area (Å²) in [7, 11) is 0. The summed E-state index contributed by atoms with van der Waals surface area (Å²) in [6.07, 6.45) is 0. The molecule has 1 saturated heterocycles. The fourth-order valence-electron chi connectivity index (χ4n) is 1.65. The van der Waals surface area contributed by atoms with Gasteiger partial charge in [0.1, 0.15) is 0 Å². The van der Waals surface area contributed by atoms with Gasteiger partial charge in [0.2, 0.25) is 0 Å². The minimum atomic E-state index is 0.425. The Morgan fingerprint density at radius 3 is 2.27 bits per heavy atom. The summed E-state index contributed by atoms with van der Waals surface area (Å²) < 4.78 is 0. The molecule has 5 nitrogen and oxygen atoms in total. The molecule has 1 rings (SSSR count). The molecule has 0 aromatic carbocycles. The fourth-order valence-corrected chi connectivity index (χ4v) is 1.65. The lowest BCUT2D eigenvalue weighted by Gasteiger charge is -2.33. The van der Waals surface area contributed by atoms with Gasteiger partial charge in [0.25, 0.3) is 0 Å². The Bertz CT molecular complexity index is 241. The van der Waals surface area contributed by atoms with Crippen molar-refractivity contribution in [2.45, 2.75) is 0 Å². The predicted octanol–water partition coefficient (Wildman–Crippen LogP) is -0.759. The van der Waals surface area contributed by atoms with Gasteiger partial charge in [-0.15, -0.1) is 0 Å². The van der Waals surface area contributed by atoms with Crippen LogP contribution in [0.15, 0.2) is 0 Å². The van der Waals surface area contributed by atoms with E-state index in [9.17, 15) is 0 Å². The van der Waals surface area contributed by atoms with Gasteiger partial charge >= 0.3 is 0 Å². The average molecular weight is 207 g/mol. The van der Waals surface area contributed by atoms with E-state index in [0.29, 0.717) is 13.1 Å². The summed E-state index contributed by atoms with van der Waals surface area (Å²) in [6, 6.07) is 4.23. The normalized spacial score (nSPS) is 18.3. The highest BCUT2D eigenvalue weighted by atomic mass is 15.3. The zero-order valence-corrected chi connectivity index (χ0v) is 8.95. The Morgan fingerprint density at radius 2 is 1.67 bits per heavy atom. The summed E-state index contributed by atoms with van der Waals surface area (Å²) in [5.41, 5.74) is 0. The second-order valence-corrected chi connectivity index (χ2v) is 3.61. The van der Waals surface area contributed by atoms with Crippen LogP contribution < -0.4 is 5.32 Å². The van der Waals surface area contributed by atoms with E-state index in [1.165, 1.54) is 0 Å². The number of rotatable bonds is 5. The third kappa shape index (κ3) is 4.75. The topological polar surface area (TPSA) is 66.1 Å². The highest BCUT2D eigenvalue weighted by Crippen LogP contribution is 1.99. The first-order chi connectivity index (χ1) is 7.36. The minimum absolute atomic E-state index is 0.425. The Labute approximate surface area is 90.9 Å². The van der Waals surface area contributed by atoms with Crippen molar-refractivity contribution < 1.29 is 0 Å². The van der Waals surface area contributed by atoms with Crippen molar-refractivity contribution in [3.05, 3.63) is 0 Å². The van der Waals surface area contributed by atoms with Crippen LogP contribution in [0.25, 0.3) is 0 Å². The van der Waals surface area contributed by atoms with Crippen LogP contribution in [0.5, 0.6) is 0 Å². The molecule has 0 unspecified atom stereocenters. The smallest absolute Gasteiger partial charge is 0.0866 e. The number of hydrogen-bond donors (Lipinski definition) is 1. The number of nitrogens with one attached hydrogen (secondary N) is 1. The largest absolute Gasteiger partial charge is 0.303 e. The zero-order valence-electron chi connectivity index (χ0n) is 8.95. The molecule has 0 amide bonds.